The van der Waals surface area contributed by atoms with Crippen molar-refractivity contribution in [3.63, 3.8) is 0 Å². The Labute approximate surface area is 70.4 Å². The Morgan fingerprint density at radius 2 is 2.33 bits per heavy atom. The third-order valence-electron chi connectivity index (χ3n) is 2.31. The van der Waals surface area contributed by atoms with Crippen molar-refractivity contribution in [2.45, 2.75) is 12.5 Å². The number of likely N-dealkylation sites (N-methyl/N-ethyl adjacent to an activating group) is 1. The highest BCUT2D eigenvalue weighted by Gasteiger charge is 2.41. The number of piperazine rings is 1. The topological polar surface area (TPSA) is 69.6 Å². The first-order valence-corrected chi connectivity index (χ1v) is 3.68. The molecule has 1 saturated heterocycles. The highest BCUT2D eigenvalue weighted by molar-refractivity contribution is 5.85. The van der Waals surface area contributed by atoms with E-state index in [1.807, 2.05) is 0 Å². The van der Waals surface area contributed by atoms with Crippen molar-refractivity contribution in [3.05, 3.63) is 0 Å². The van der Waals surface area contributed by atoms with E-state index in [-0.39, 0.29) is 19.0 Å². The molecule has 0 bridgehead atoms. The molecule has 1 aliphatic rings. The third kappa shape index (κ3) is 1.27. The number of amides is 1. The maximum Gasteiger partial charge on any atom is 0.325 e. The second-order valence-corrected chi connectivity index (χ2v) is 3.21. The molecule has 5 nitrogen and oxygen atoms in total. The summed E-state index contributed by atoms with van der Waals surface area (Å²) in [6.45, 7) is 1.90. The van der Waals surface area contributed by atoms with Gasteiger partial charge < -0.3 is 10.4 Å². The van der Waals surface area contributed by atoms with Crippen LogP contribution >= 0.6 is 0 Å². The number of aliphatic carboxylic acids is 1. The lowest BCUT2D eigenvalue weighted by Crippen LogP contribution is -2.64. The molecule has 12 heavy (non-hydrogen) atoms. The zero-order valence-corrected chi connectivity index (χ0v) is 7.13. The number of carboxylic acid groups (broad SMARTS) is 1. The smallest absolute Gasteiger partial charge is 0.325 e. The predicted molar refractivity (Wildman–Crippen MR) is 41.7 cm³/mol. The average molecular weight is 172 g/mol. The van der Waals surface area contributed by atoms with Crippen LogP contribution in [0.4, 0.5) is 0 Å². The molecule has 1 aliphatic heterocycles. The van der Waals surface area contributed by atoms with Crippen LogP contribution in [0.5, 0.6) is 0 Å². The van der Waals surface area contributed by atoms with Gasteiger partial charge in [-0.3, -0.25) is 14.5 Å². The number of carbonyl (C=O) groups excluding carboxylic acids is 1. The van der Waals surface area contributed by atoms with Gasteiger partial charge in [0.2, 0.25) is 5.91 Å². The SMILES string of the molecule is CN1CC(=O)NCC1(C)C(=O)O. The Morgan fingerprint density at radius 1 is 1.75 bits per heavy atom. The van der Waals surface area contributed by atoms with E-state index in [0.29, 0.717) is 0 Å². The minimum absolute atomic E-state index is 0.128. The number of carboxylic acids is 1. The maximum atomic E-state index is 10.8. The standard InChI is InChI=1S/C7H12N2O3/c1-7(6(11)12)4-8-5(10)3-9(7)2/h3-4H2,1-2H3,(H,8,10)(H,11,12). The lowest BCUT2D eigenvalue weighted by Gasteiger charge is -2.38. The summed E-state index contributed by atoms with van der Waals surface area (Å²) >= 11 is 0. The molecule has 0 spiro atoms. The third-order valence-corrected chi connectivity index (χ3v) is 2.31. The van der Waals surface area contributed by atoms with E-state index in [4.69, 9.17) is 5.11 Å². The first-order valence-electron chi connectivity index (χ1n) is 3.68. The van der Waals surface area contributed by atoms with Crippen molar-refractivity contribution in [1.82, 2.24) is 10.2 Å². The van der Waals surface area contributed by atoms with Crippen LogP contribution in [0.2, 0.25) is 0 Å². The molecule has 0 aromatic heterocycles. The molecular weight excluding hydrogens is 160 g/mol. The Morgan fingerprint density at radius 3 is 2.75 bits per heavy atom. The molecule has 5 heteroatoms. The van der Waals surface area contributed by atoms with E-state index < -0.39 is 11.5 Å². The fraction of sp³-hybridized carbons (Fsp3) is 0.714. The lowest BCUT2D eigenvalue weighted by molar-refractivity contribution is -0.152. The first kappa shape index (κ1) is 8.99. The summed E-state index contributed by atoms with van der Waals surface area (Å²) in [7, 11) is 1.63. The van der Waals surface area contributed by atoms with Crippen molar-refractivity contribution in [2.75, 3.05) is 20.1 Å². The van der Waals surface area contributed by atoms with Gasteiger partial charge in [0.05, 0.1) is 6.54 Å². The number of nitrogens with zero attached hydrogens (tertiary/aromatic N) is 1. The largest absolute Gasteiger partial charge is 0.480 e. The number of rotatable bonds is 1. The van der Waals surface area contributed by atoms with Gasteiger partial charge in [0, 0.05) is 6.54 Å². The average Bonchev–Trinajstić information content (AvgIpc) is 1.97. The number of nitrogens with one attached hydrogen (secondary N) is 1. The van der Waals surface area contributed by atoms with Crippen LogP contribution in [0.25, 0.3) is 0 Å². The summed E-state index contributed by atoms with van der Waals surface area (Å²) in [5.41, 5.74) is -0.964. The van der Waals surface area contributed by atoms with Crippen molar-refractivity contribution >= 4 is 11.9 Å². The zero-order chi connectivity index (χ0) is 9.35. The Bertz CT molecular complexity index is 229. The Kier molecular flexibility index (Phi) is 2.06. The molecule has 0 aliphatic carbocycles. The van der Waals surface area contributed by atoms with E-state index in [1.165, 1.54) is 4.90 Å². The van der Waals surface area contributed by atoms with Gasteiger partial charge in [-0.05, 0) is 14.0 Å². The molecule has 1 fully saturated rings. The van der Waals surface area contributed by atoms with Crippen LogP contribution in [-0.4, -0.2) is 47.6 Å². The minimum atomic E-state index is -0.964. The fourth-order valence-corrected chi connectivity index (χ4v) is 1.09. The molecule has 1 atom stereocenters. The number of carbonyl (C=O) groups is 2. The Hall–Kier alpha value is -1.10. The van der Waals surface area contributed by atoms with Gasteiger partial charge in [-0.1, -0.05) is 0 Å². The number of hydrogen-bond acceptors (Lipinski definition) is 3. The van der Waals surface area contributed by atoms with E-state index in [1.54, 1.807) is 14.0 Å². The van der Waals surface area contributed by atoms with Crippen molar-refractivity contribution in [1.29, 1.82) is 0 Å². The molecule has 0 radical (unpaired) electrons. The van der Waals surface area contributed by atoms with E-state index in [0.717, 1.165) is 0 Å². The summed E-state index contributed by atoms with van der Waals surface area (Å²) < 4.78 is 0. The van der Waals surface area contributed by atoms with Crippen LogP contribution < -0.4 is 5.32 Å². The summed E-state index contributed by atoms with van der Waals surface area (Å²) in [5, 5.41) is 11.4. The van der Waals surface area contributed by atoms with Crippen LogP contribution in [-0.2, 0) is 9.59 Å². The fourth-order valence-electron chi connectivity index (χ4n) is 1.09. The summed E-state index contributed by atoms with van der Waals surface area (Å²) in [6, 6.07) is 0. The normalized spacial score (nSPS) is 31.3. The molecule has 1 unspecified atom stereocenters. The molecule has 1 rings (SSSR count). The number of hydrogen-bond donors (Lipinski definition) is 2. The van der Waals surface area contributed by atoms with Gasteiger partial charge in [-0.2, -0.15) is 0 Å². The summed E-state index contributed by atoms with van der Waals surface area (Å²) in [4.78, 5) is 23.2. The van der Waals surface area contributed by atoms with Crippen LogP contribution in [0.3, 0.4) is 0 Å². The summed E-state index contributed by atoms with van der Waals surface area (Å²) in [6.07, 6.45) is 0. The highest BCUT2D eigenvalue weighted by Crippen LogP contribution is 2.14. The van der Waals surface area contributed by atoms with Crippen molar-refractivity contribution < 1.29 is 14.7 Å². The van der Waals surface area contributed by atoms with Crippen LogP contribution in [0.15, 0.2) is 0 Å². The Balaban J connectivity index is 2.79. The van der Waals surface area contributed by atoms with Gasteiger partial charge in [0.25, 0.3) is 0 Å². The second kappa shape index (κ2) is 2.75. The second-order valence-electron chi connectivity index (χ2n) is 3.21. The van der Waals surface area contributed by atoms with Gasteiger partial charge >= 0.3 is 5.97 Å². The first-order chi connectivity index (χ1) is 5.47. The molecule has 0 saturated carbocycles. The highest BCUT2D eigenvalue weighted by atomic mass is 16.4. The van der Waals surface area contributed by atoms with Gasteiger partial charge in [0.1, 0.15) is 5.54 Å². The van der Waals surface area contributed by atoms with E-state index in [9.17, 15) is 9.59 Å². The molecule has 0 aromatic rings. The van der Waals surface area contributed by atoms with E-state index in [2.05, 4.69) is 5.32 Å². The molecule has 1 heterocycles. The van der Waals surface area contributed by atoms with Crippen LogP contribution in [0, 0.1) is 0 Å². The quantitative estimate of drug-likeness (QED) is 0.526. The molecule has 2 N–H and O–H groups in total. The van der Waals surface area contributed by atoms with Gasteiger partial charge in [0.15, 0.2) is 0 Å². The van der Waals surface area contributed by atoms with Crippen molar-refractivity contribution in [3.8, 4) is 0 Å². The van der Waals surface area contributed by atoms with Crippen molar-refractivity contribution in [2.24, 2.45) is 0 Å². The summed E-state index contributed by atoms with van der Waals surface area (Å²) in [5.74, 6) is -1.04. The molecular formula is C7H12N2O3. The lowest BCUT2D eigenvalue weighted by atomic mass is 9.98. The zero-order valence-electron chi connectivity index (χ0n) is 7.13. The minimum Gasteiger partial charge on any atom is -0.480 e. The molecule has 0 aromatic carbocycles. The van der Waals surface area contributed by atoms with Gasteiger partial charge in [-0.15, -0.1) is 0 Å². The van der Waals surface area contributed by atoms with Gasteiger partial charge in [-0.25, -0.2) is 0 Å². The molecule has 68 valence electrons. The van der Waals surface area contributed by atoms with Crippen LogP contribution in [0.1, 0.15) is 6.92 Å². The van der Waals surface area contributed by atoms with E-state index >= 15 is 0 Å². The monoisotopic (exact) mass is 172 g/mol. The maximum absolute atomic E-state index is 10.8. The molecule has 1 amide bonds. The predicted octanol–water partition coefficient (Wildman–Crippen LogP) is -1.11.